The lowest BCUT2D eigenvalue weighted by Crippen LogP contribution is -2.12. The van der Waals surface area contributed by atoms with Gasteiger partial charge in [0, 0.05) is 39.3 Å². The van der Waals surface area contributed by atoms with Crippen molar-refractivity contribution in [3.8, 4) is 6.07 Å². The number of carbonyl (C=O) groups is 1. The van der Waals surface area contributed by atoms with Crippen molar-refractivity contribution < 1.29 is 4.79 Å². The van der Waals surface area contributed by atoms with Crippen molar-refractivity contribution in [1.82, 2.24) is 4.57 Å². The molecule has 0 saturated heterocycles. The molecule has 2 aromatic carbocycles. The Hall–Kier alpha value is -2.74. The molecule has 2 N–H and O–H groups in total. The Morgan fingerprint density at radius 2 is 2.00 bits per heavy atom. The van der Waals surface area contributed by atoms with E-state index in [1.807, 2.05) is 47.2 Å². The van der Waals surface area contributed by atoms with Gasteiger partial charge in [-0.1, -0.05) is 47.5 Å². The zero-order valence-corrected chi connectivity index (χ0v) is 14.6. The van der Waals surface area contributed by atoms with E-state index < -0.39 is 5.91 Å². The summed E-state index contributed by atoms with van der Waals surface area (Å²) < 4.78 is 2.01. The van der Waals surface area contributed by atoms with Crippen LogP contribution in [0.4, 0.5) is 0 Å². The lowest BCUT2D eigenvalue weighted by Gasteiger charge is -2.08. The van der Waals surface area contributed by atoms with Crippen LogP contribution in [0.5, 0.6) is 0 Å². The van der Waals surface area contributed by atoms with Crippen LogP contribution in [-0.2, 0) is 11.3 Å². The average Bonchev–Trinajstić information content (AvgIpc) is 2.93. The van der Waals surface area contributed by atoms with Gasteiger partial charge in [0.2, 0.25) is 0 Å². The summed E-state index contributed by atoms with van der Waals surface area (Å²) in [5.41, 5.74) is 7.77. The maximum absolute atomic E-state index is 11.3. The Kier molecular flexibility index (Phi) is 4.80. The number of rotatable bonds is 4. The third-order valence-corrected chi connectivity index (χ3v) is 4.45. The van der Waals surface area contributed by atoms with E-state index in [0.29, 0.717) is 16.6 Å². The smallest absolute Gasteiger partial charge is 0.259 e. The topological polar surface area (TPSA) is 71.8 Å². The Labute approximate surface area is 154 Å². The SMILES string of the molecule is N#C/C(=C\c1cn(Cc2ccc(Cl)cc2Cl)c2ccccc12)C(N)=O. The molecule has 0 atom stereocenters. The van der Waals surface area contributed by atoms with Gasteiger partial charge in [-0.05, 0) is 29.8 Å². The largest absolute Gasteiger partial charge is 0.365 e. The number of nitrogens with two attached hydrogens (primary N) is 1. The number of hydrogen-bond donors (Lipinski definition) is 1. The summed E-state index contributed by atoms with van der Waals surface area (Å²) >= 11 is 12.2. The molecule has 0 bridgehead atoms. The maximum Gasteiger partial charge on any atom is 0.259 e. The molecular formula is C19H13Cl2N3O. The molecule has 6 heteroatoms. The number of amides is 1. The van der Waals surface area contributed by atoms with Crippen LogP contribution >= 0.6 is 23.2 Å². The van der Waals surface area contributed by atoms with Gasteiger partial charge in [0.25, 0.3) is 5.91 Å². The van der Waals surface area contributed by atoms with Crippen molar-refractivity contribution in [2.45, 2.75) is 6.54 Å². The molecule has 3 rings (SSSR count). The highest BCUT2D eigenvalue weighted by molar-refractivity contribution is 6.35. The van der Waals surface area contributed by atoms with Crippen molar-refractivity contribution in [3.63, 3.8) is 0 Å². The van der Waals surface area contributed by atoms with Crippen LogP contribution in [0.1, 0.15) is 11.1 Å². The number of carbonyl (C=O) groups excluding carboxylic acids is 1. The fourth-order valence-corrected chi connectivity index (χ4v) is 3.14. The molecule has 124 valence electrons. The van der Waals surface area contributed by atoms with E-state index in [1.54, 1.807) is 12.1 Å². The van der Waals surface area contributed by atoms with Gasteiger partial charge in [-0.15, -0.1) is 0 Å². The van der Waals surface area contributed by atoms with Crippen molar-refractivity contribution in [3.05, 3.63) is 75.4 Å². The highest BCUT2D eigenvalue weighted by Gasteiger charge is 2.11. The van der Waals surface area contributed by atoms with E-state index in [-0.39, 0.29) is 5.57 Å². The van der Waals surface area contributed by atoms with Crippen LogP contribution in [0.15, 0.2) is 54.2 Å². The molecule has 0 spiro atoms. The molecule has 1 aromatic heterocycles. The average molecular weight is 370 g/mol. The van der Waals surface area contributed by atoms with E-state index in [9.17, 15) is 4.79 Å². The van der Waals surface area contributed by atoms with Gasteiger partial charge in [-0.3, -0.25) is 4.79 Å². The van der Waals surface area contributed by atoms with Crippen LogP contribution in [0.25, 0.3) is 17.0 Å². The number of benzene rings is 2. The summed E-state index contributed by atoms with van der Waals surface area (Å²) in [5, 5.41) is 11.2. The van der Waals surface area contributed by atoms with Crippen LogP contribution in [0.2, 0.25) is 10.0 Å². The first-order valence-electron chi connectivity index (χ1n) is 7.43. The molecule has 0 fully saturated rings. The standard InChI is InChI=1S/C19H13Cl2N3O/c20-15-6-5-12(17(21)8-15)10-24-11-14(7-13(9-22)19(23)25)16-3-1-2-4-18(16)24/h1-8,11H,10H2,(H2,23,25)/b13-7+. The normalized spacial score (nSPS) is 11.5. The number of hydrogen-bond acceptors (Lipinski definition) is 2. The summed E-state index contributed by atoms with van der Waals surface area (Å²) in [6, 6.07) is 14.9. The van der Waals surface area contributed by atoms with Gasteiger partial charge < -0.3 is 10.3 Å². The monoisotopic (exact) mass is 369 g/mol. The van der Waals surface area contributed by atoms with Crippen LogP contribution in [0.3, 0.4) is 0 Å². The number of fused-ring (bicyclic) bond motifs is 1. The molecule has 0 saturated carbocycles. The highest BCUT2D eigenvalue weighted by Crippen LogP contribution is 2.27. The first-order chi connectivity index (χ1) is 12.0. The fourth-order valence-electron chi connectivity index (χ4n) is 2.67. The molecule has 0 aliphatic rings. The molecule has 0 unspecified atom stereocenters. The molecule has 25 heavy (non-hydrogen) atoms. The van der Waals surface area contributed by atoms with Crippen molar-refractivity contribution in [1.29, 1.82) is 5.26 Å². The zero-order chi connectivity index (χ0) is 18.0. The number of para-hydroxylation sites is 1. The number of halogens is 2. The van der Waals surface area contributed by atoms with Crippen LogP contribution in [0, 0.1) is 11.3 Å². The Bertz CT molecular complexity index is 1040. The molecular weight excluding hydrogens is 357 g/mol. The lowest BCUT2D eigenvalue weighted by molar-refractivity contribution is -0.114. The third-order valence-electron chi connectivity index (χ3n) is 3.86. The van der Waals surface area contributed by atoms with E-state index in [4.69, 9.17) is 34.2 Å². The number of aromatic nitrogens is 1. The van der Waals surface area contributed by atoms with Crippen LogP contribution in [-0.4, -0.2) is 10.5 Å². The van der Waals surface area contributed by atoms with Gasteiger partial charge in [-0.2, -0.15) is 5.26 Å². The molecule has 0 radical (unpaired) electrons. The van der Waals surface area contributed by atoms with E-state index in [0.717, 1.165) is 22.0 Å². The van der Waals surface area contributed by atoms with Crippen molar-refractivity contribution in [2.24, 2.45) is 5.73 Å². The third kappa shape index (κ3) is 3.53. The fraction of sp³-hybridized carbons (Fsp3) is 0.0526. The van der Waals surface area contributed by atoms with E-state index >= 15 is 0 Å². The highest BCUT2D eigenvalue weighted by atomic mass is 35.5. The van der Waals surface area contributed by atoms with Crippen molar-refractivity contribution in [2.75, 3.05) is 0 Å². The first kappa shape index (κ1) is 17.1. The van der Waals surface area contributed by atoms with E-state index in [2.05, 4.69) is 0 Å². The lowest BCUT2D eigenvalue weighted by atomic mass is 10.1. The molecule has 0 aliphatic heterocycles. The minimum atomic E-state index is -0.750. The molecule has 0 aliphatic carbocycles. The Morgan fingerprint density at radius 3 is 2.68 bits per heavy atom. The van der Waals surface area contributed by atoms with Gasteiger partial charge >= 0.3 is 0 Å². The predicted molar refractivity (Wildman–Crippen MR) is 100 cm³/mol. The second kappa shape index (κ2) is 7.02. The minimum Gasteiger partial charge on any atom is -0.365 e. The summed E-state index contributed by atoms with van der Waals surface area (Å²) in [6.45, 7) is 0.531. The molecule has 1 heterocycles. The minimum absolute atomic E-state index is 0.0903. The molecule has 4 nitrogen and oxygen atoms in total. The van der Waals surface area contributed by atoms with Crippen molar-refractivity contribution >= 4 is 46.1 Å². The quantitative estimate of drug-likeness (QED) is 0.547. The van der Waals surface area contributed by atoms with Gasteiger partial charge in [0.15, 0.2) is 0 Å². The number of nitriles is 1. The Morgan fingerprint density at radius 1 is 1.24 bits per heavy atom. The maximum atomic E-state index is 11.3. The number of nitrogens with zero attached hydrogens (tertiary/aromatic N) is 2. The second-order valence-corrected chi connectivity index (χ2v) is 6.34. The summed E-state index contributed by atoms with van der Waals surface area (Å²) in [7, 11) is 0. The predicted octanol–water partition coefficient (Wildman–Crippen LogP) is 4.39. The van der Waals surface area contributed by atoms with Gasteiger partial charge in [-0.25, -0.2) is 0 Å². The molecule has 3 aromatic rings. The summed E-state index contributed by atoms with van der Waals surface area (Å²) in [6.07, 6.45) is 3.38. The van der Waals surface area contributed by atoms with Gasteiger partial charge in [0.05, 0.1) is 0 Å². The zero-order valence-electron chi connectivity index (χ0n) is 13.0. The first-order valence-corrected chi connectivity index (χ1v) is 8.18. The second-order valence-electron chi connectivity index (χ2n) is 5.50. The Balaban J connectivity index is 2.11. The summed E-state index contributed by atoms with van der Waals surface area (Å²) in [5.74, 6) is -0.750. The van der Waals surface area contributed by atoms with Crippen LogP contribution < -0.4 is 5.73 Å². The van der Waals surface area contributed by atoms with E-state index in [1.165, 1.54) is 6.08 Å². The number of primary amides is 1. The summed E-state index contributed by atoms with van der Waals surface area (Å²) in [4.78, 5) is 11.3. The van der Waals surface area contributed by atoms with Gasteiger partial charge in [0.1, 0.15) is 11.6 Å². The molecule has 1 amide bonds.